The number of aromatic nitrogens is 3. The largest absolute Gasteiger partial charge is 0.377 e. The average molecular weight is 342 g/mol. The normalized spacial score (nSPS) is 17.8. The lowest BCUT2D eigenvalue weighted by Gasteiger charge is -2.34. The summed E-state index contributed by atoms with van der Waals surface area (Å²) in [6.45, 7) is 2.89. The van der Waals surface area contributed by atoms with E-state index in [0.717, 1.165) is 0 Å². The van der Waals surface area contributed by atoms with Crippen molar-refractivity contribution in [2.45, 2.75) is 13.0 Å². The summed E-state index contributed by atoms with van der Waals surface area (Å²) in [5, 5.41) is 4.54. The van der Waals surface area contributed by atoms with E-state index >= 15 is 0 Å². The second kappa shape index (κ2) is 6.21. The van der Waals surface area contributed by atoms with Gasteiger partial charge >= 0.3 is 0 Å². The molecule has 1 amide bonds. The number of hydrogen-bond donors (Lipinski definition) is 0. The van der Waals surface area contributed by atoms with Crippen LogP contribution in [0.15, 0.2) is 35.2 Å². The van der Waals surface area contributed by atoms with Gasteiger partial charge in [-0.15, -0.1) is 0 Å². The number of nitrogens with zero attached hydrogens (tertiary/aromatic N) is 4. The van der Waals surface area contributed by atoms with Crippen molar-refractivity contribution >= 4 is 16.8 Å². The van der Waals surface area contributed by atoms with E-state index in [9.17, 15) is 9.18 Å². The van der Waals surface area contributed by atoms with Gasteiger partial charge in [-0.25, -0.2) is 4.39 Å². The van der Waals surface area contributed by atoms with E-state index in [4.69, 9.17) is 9.26 Å². The van der Waals surface area contributed by atoms with Crippen LogP contribution in [0.3, 0.4) is 0 Å². The Labute approximate surface area is 142 Å². The second-order valence-electron chi connectivity index (χ2n) is 5.84. The summed E-state index contributed by atoms with van der Waals surface area (Å²) in [5.41, 5.74) is 1.53. The fraction of sp³-hybridized carbons (Fsp3) is 0.294. The van der Waals surface area contributed by atoms with Crippen LogP contribution in [0, 0.1) is 12.7 Å². The number of pyridine rings is 1. The number of halogens is 1. The maximum absolute atomic E-state index is 13.4. The van der Waals surface area contributed by atoms with Crippen LogP contribution < -0.4 is 0 Å². The van der Waals surface area contributed by atoms with E-state index in [-0.39, 0.29) is 11.7 Å². The van der Waals surface area contributed by atoms with E-state index in [1.54, 1.807) is 24.0 Å². The summed E-state index contributed by atoms with van der Waals surface area (Å²) in [7, 11) is 0. The van der Waals surface area contributed by atoms with Crippen LogP contribution in [0.2, 0.25) is 0 Å². The van der Waals surface area contributed by atoms with Crippen LogP contribution in [-0.2, 0) is 4.74 Å². The summed E-state index contributed by atoms with van der Waals surface area (Å²) in [6, 6.07) is 5.65. The Kier molecular flexibility index (Phi) is 3.89. The molecule has 1 atom stereocenters. The molecule has 2 aromatic heterocycles. The van der Waals surface area contributed by atoms with Crippen molar-refractivity contribution in [3.05, 3.63) is 53.6 Å². The van der Waals surface area contributed by atoms with Gasteiger partial charge in [0.2, 0.25) is 6.39 Å². The van der Waals surface area contributed by atoms with Gasteiger partial charge in [0, 0.05) is 18.0 Å². The highest BCUT2D eigenvalue weighted by Crippen LogP contribution is 2.26. The molecule has 7 nitrogen and oxygen atoms in total. The number of morpholine rings is 1. The molecule has 0 spiro atoms. The molecular weight excluding hydrogens is 327 g/mol. The summed E-state index contributed by atoms with van der Waals surface area (Å²) in [4.78, 5) is 23.2. The molecule has 1 aromatic carbocycles. The number of ether oxygens (including phenoxy) is 1. The first kappa shape index (κ1) is 15.6. The Morgan fingerprint density at radius 2 is 2.24 bits per heavy atom. The molecule has 0 bridgehead atoms. The smallest absolute Gasteiger partial charge is 0.256 e. The maximum atomic E-state index is 13.4. The molecule has 128 valence electrons. The number of benzene rings is 1. The molecule has 1 saturated heterocycles. The first-order chi connectivity index (χ1) is 12.1. The lowest BCUT2D eigenvalue weighted by molar-refractivity contribution is -0.00582. The molecule has 1 aliphatic rings. The highest BCUT2D eigenvalue weighted by atomic mass is 19.1. The molecule has 0 saturated carbocycles. The number of carbonyl (C=O) groups is 1. The minimum atomic E-state index is -0.414. The van der Waals surface area contributed by atoms with Crippen molar-refractivity contribution in [2.75, 3.05) is 19.8 Å². The van der Waals surface area contributed by atoms with Crippen LogP contribution in [0.5, 0.6) is 0 Å². The molecule has 1 unspecified atom stereocenters. The van der Waals surface area contributed by atoms with E-state index in [0.29, 0.717) is 47.7 Å². The number of fused-ring (bicyclic) bond motifs is 1. The third-order valence-electron chi connectivity index (χ3n) is 4.27. The number of amides is 1. The Morgan fingerprint density at radius 1 is 1.36 bits per heavy atom. The lowest BCUT2D eigenvalue weighted by Crippen LogP contribution is -2.44. The minimum absolute atomic E-state index is 0.186. The van der Waals surface area contributed by atoms with Crippen molar-refractivity contribution in [2.24, 2.45) is 0 Å². The van der Waals surface area contributed by atoms with Gasteiger partial charge in [-0.1, -0.05) is 5.16 Å². The van der Waals surface area contributed by atoms with Gasteiger partial charge in [-0.05, 0) is 25.1 Å². The fourth-order valence-electron chi connectivity index (χ4n) is 2.99. The van der Waals surface area contributed by atoms with Crippen molar-refractivity contribution in [3.63, 3.8) is 0 Å². The third kappa shape index (κ3) is 2.85. The monoisotopic (exact) mass is 342 g/mol. The number of aryl methyl sites for hydroxylation is 1. The molecular formula is C17H15FN4O3. The molecule has 4 rings (SSSR count). The molecule has 1 aliphatic heterocycles. The summed E-state index contributed by atoms with van der Waals surface area (Å²) < 4.78 is 23.6. The predicted molar refractivity (Wildman–Crippen MR) is 85.3 cm³/mol. The zero-order valence-electron chi connectivity index (χ0n) is 13.5. The highest BCUT2D eigenvalue weighted by Gasteiger charge is 2.33. The first-order valence-electron chi connectivity index (χ1n) is 7.85. The summed E-state index contributed by atoms with van der Waals surface area (Å²) in [5.74, 6) is -0.139. The van der Waals surface area contributed by atoms with Crippen molar-refractivity contribution < 1.29 is 18.4 Å². The molecule has 25 heavy (non-hydrogen) atoms. The average Bonchev–Trinajstić information content (AvgIpc) is 3.15. The van der Waals surface area contributed by atoms with Crippen LogP contribution in [0.4, 0.5) is 4.39 Å². The molecule has 0 aliphatic carbocycles. The molecule has 8 heteroatoms. The lowest BCUT2D eigenvalue weighted by atomic mass is 10.1. The third-order valence-corrected chi connectivity index (χ3v) is 4.27. The zero-order chi connectivity index (χ0) is 17.4. The molecule has 0 N–H and O–H groups in total. The molecule has 0 radical (unpaired) electrons. The van der Waals surface area contributed by atoms with Crippen molar-refractivity contribution in [1.82, 2.24) is 20.0 Å². The predicted octanol–water partition coefficient (Wildman–Crippen LogP) is 2.28. The van der Waals surface area contributed by atoms with Crippen LogP contribution >= 0.6 is 0 Å². The van der Waals surface area contributed by atoms with Gasteiger partial charge in [0.25, 0.3) is 5.91 Å². The van der Waals surface area contributed by atoms with E-state index in [1.807, 2.05) is 0 Å². The van der Waals surface area contributed by atoms with Crippen LogP contribution in [-0.4, -0.2) is 45.7 Å². The SMILES string of the molecule is Cc1nc2cc(F)ccc2cc1C(=O)N1CCOCC1c1ncon1. The van der Waals surface area contributed by atoms with E-state index < -0.39 is 6.04 Å². The van der Waals surface area contributed by atoms with Crippen LogP contribution in [0.1, 0.15) is 27.9 Å². The minimum Gasteiger partial charge on any atom is -0.377 e. The first-order valence-corrected chi connectivity index (χ1v) is 7.85. The summed E-state index contributed by atoms with van der Waals surface area (Å²) in [6.07, 6.45) is 1.23. The number of rotatable bonds is 2. The Morgan fingerprint density at radius 3 is 3.04 bits per heavy atom. The Balaban J connectivity index is 1.73. The van der Waals surface area contributed by atoms with Gasteiger partial charge in [0.1, 0.15) is 11.9 Å². The number of carbonyl (C=O) groups excluding carboxylic acids is 1. The number of hydrogen-bond acceptors (Lipinski definition) is 6. The van der Waals surface area contributed by atoms with Crippen molar-refractivity contribution in [3.8, 4) is 0 Å². The summed E-state index contributed by atoms with van der Waals surface area (Å²) >= 11 is 0. The van der Waals surface area contributed by atoms with Gasteiger partial charge < -0.3 is 14.2 Å². The van der Waals surface area contributed by atoms with Gasteiger partial charge in [-0.2, -0.15) is 4.98 Å². The van der Waals surface area contributed by atoms with Crippen molar-refractivity contribution in [1.29, 1.82) is 0 Å². The second-order valence-corrected chi connectivity index (χ2v) is 5.84. The topological polar surface area (TPSA) is 81.4 Å². The van der Waals surface area contributed by atoms with Crippen LogP contribution in [0.25, 0.3) is 10.9 Å². The van der Waals surface area contributed by atoms with E-state index in [2.05, 4.69) is 15.1 Å². The maximum Gasteiger partial charge on any atom is 0.256 e. The standard InChI is InChI=1S/C17H15FN4O3/c1-10-13(6-11-2-3-12(18)7-14(11)20-10)17(23)22-4-5-24-8-15(22)16-19-9-25-21-16/h2-3,6-7,9,15H,4-5,8H2,1H3. The fourth-order valence-corrected chi connectivity index (χ4v) is 2.99. The highest BCUT2D eigenvalue weighted by molar-refractivity contribution is 5.98. The molecule has 3 aromatic rings. The Bertz CT molecular complexity index is 929. The Hall–Kier alpha value is -2.87. The van der Waals surface area contributed by atoms with Gasteiger partial charge in [0.05, 0.1) is 30.0 Å². The quantitative estimate of drug-likeness (QED) is 0.711. The van der Waals surface area contributed by atoms with E-state index in [1.165, 1.54) is 18.5 Å². The van der Waals surface area contributed by atoms with Gasteiger partial charge in [-0.3, -0.25) is 9.78 Å². The van der Waals surface area contributed by atoms with Gasteiger partial charge in [0.15, 0.2) is 5.82 Å². The molecule has 1 fully saturated rings. The zero-order valence-corrected chi connectivity index (χ0v) is 13.5. The molecule has 3 heterocycles.